The first-order chi connectivity index (χ1) is 7.27. The van der Waals surface area contributed by atoms with Crippen LogP contribution in [0.15, 0.2) is 5.16 Å². The molecule has 5 nitrogen and oxygen atoms in total. The second kappa shape index (κ2) is 6.63. The van der Waals surface area contributed by atoms with E-state index in [1.165, 1.54) is 25.7 Å². The van der Waals surface area contributed by atoms with E-state index in [9.17, 15) is 0 Å². The molecule has 15 heavy (non-hydrogen) atoms. The zero-order valence-corrected chi connectivity index (χ0v) is 9.35. The maximum atomic E-state index is 8.56. The van der Waals surface area contributed by atoms with E-state index in [1.54, 1.807) is 7.11 Å². The van der Waals surface area contributed by atoms with Gasteiger partial charge in [-0.15, -0.1) is 0 Å². The summed E-state index contributed by atoms with van der Waals surface area (Å²) >= 11 is 0. The third-order valence-electron chi connectivity index (χ3n) is 2.92. The number of nitrogens with two attached hydrogens (primary N) is 1. The molecule has 1 rings (SSSR count). The van der Waals surface area contributed by atoms with Crippen molar-refractivity contribution in [2.75, 3.05) is 26.8 Å². The molecule has 0 spiro atoms. The largest absolute Gasteiger partial charge is 0.409 e. The summed E-state index contributed by atoms with van der Waals surface area (Å²) < 4.78 is 5.06. The molecule has 88 valence electrons. The summed E-state index contributed by atoms with van der Waals surface area (Å²) in [6, 6.07) is 0.570. The highest BCUT2D eigenvalue weighted by Gasteiger charge is 2.22. The van der Waals surface area contributed by atoms with Crippen molar-refractivity contribution >= 4 is 5.84 Å². The number of methoxy groups -OCH3 is 1. The SMILES string of the molecule is COCCN(CC(N)=NO)C1CCCC1. The molecule has 0 aromatic carbocycles. The number of ether oxygens (including phenoxy) is 1. The molecule has 0 heterocycles. The average molecular weight is 215 g/mol. The van der Waals surface area contributed by atoms with Crippen LogP contribution in [-0.2, 0) is 4.74 Å². The predicted octanol–water partition coefficient (Wildman–Crippen LogP) is 0.624. The molecule has 0 radical (unpaired) electrons. The summed E-state index contributed by atoms with van der Waals surface area (Å²) in [5.74, 6) is 0.276. The van der Waals surface area contributed by atoms with E-state index in [0.717, 1.165) is 6.54 Å². The highest BCUT2D eigenvalue weighted by molar-refractivity contribution is 5.81. The lowest BCUT2D eigenvalue weighted by Crippen LogP contribution is -2.41. The first-order valence-corrected chi connectivity index (χ1v) is 5.47. The molecule has 1 aliphatic carbocycles. The number of hydrogen-bond acceptors (Lipinski definition) is 4. The molecule has 0 unspecified atom stereocenters. The zero-order valence-electron chi connectivity index (χ0n) is 9.35. The highest BCUT2D eigenvalue weighted by Crippen LogP contribution is 2.22. The van der Waals surface area contributed by atoms with Crippen molar-refractivity contribution in [1.29, 1.82) is 0 Å². The molecule has 0 atom stereocenters. The Morgan fingerprint density at radius 2 is 2.20 bits per heavy atom. The smallest absolute Gasteiger partial charge is 0.153 e. The monoisotopic (exact) mass is 215 g/mol. The number of rotatable bonds is 6. The van der Waals surface area contributed by atoms with Crippen LogP contribution in [0.3, 0.4) is 0 Å². The van der Waals surface area contributed by atoms with Gasteiger partial charge in [-0.05, 0) is 12.8 Å². The topological polar surface area (TPSA) is 71.1 Å². The van der Waals surface area contributed by atoms with Gasteiger partial charge in [0, 0.05) is 19.7 Å². The van der Waals surface area contributed by atoms with Gasteiger partial charge >= 0.3 is 0 Å². The molecule has 5 heteroatoms. The number of hydrogen-bond donors (Lipinski definition) is 2. The molecule has 0 aromatic heterocycles. The molecule has 0 saturated heterocycles. The van der Waals surface area contributed by atoms with Crippen molar-refractivity contribution in [1.82, 2.24) is 4.90 Å². The lowest BCUT2D eigenvalue weighted by atomic mass is 10.2. The van der Waals surface area contributed by atoms with E-state index >= 15 is 0 Å². The van der Waals surface area contributed by atoms with Crippen LogP contribution in [0.2, 0.25) is 0 Å². The normalized spacial score (nSPS) is 18.9. The van der Waals surface area contributed by atoms with Crippen LogP contribution in [0.5, 0.6) is 0 Å². The molecule has 0 amide bonds. The molecule has 3 N–H and O–H groups in total. The quantitative estimate of drug-likeness (QED) is 0.295. The van der Waals surface area contributed by atoms with Gasteiger partial charge in [0.25, 0.3) is 0 Å². The van der Waals surface area contributed by atoms with Gasteiger partial charge in [0.2, 0.25) is 0 Å². The van der Waals surface area contributed by atoms with E-state index in [2.05, 4.69) is 10.1 Å². The molecular formula is C10H21N3O2. The van der Waals surface area contributed by atoms with Gasteiger partial charge < -0.3 is 15.7 Å². The van der Waals surface area contributed by atoms with Crippen LogP contribution in [0, 0.1) is 0 Å². The fourth-order valence-corrected chi connectivity index (χ4v) is 2.11. The Morgan fingerprint density at radius 1 is 1.53 bits per heavy atom. The summed E-state index contributed by atoms with van der Waals surface area (Å²) in [4.78, 5) is 2.24. The van der Waals surface area contributed by atoms with Crippen LogP contribution >= 0.6 is 0 Å². The maximum Gasteiger partial charge on any atom is 0.153 e. The minimum absolute atomic E-state index is 0.276. The van der Waals surface area contributed by atoms with Gasteiger partial charge in [-0.3, -0.25) is 4.90 Å². The number of amidine groups is 1. The summed E-state index contributed by atoms with van der Waals surface area (Å²) in [6.07, 6.45) is 4.99. The average Bonchev–Trinajstić information content (AvgIpc) is 2.77. The first-order valence-electron chi connectivity index (χ1n) is 5.47. The van der Waals surface area contributed by atoms with Crippen molar-refractivity contribution in [2.45, 2.75) is 31.7 Å². The Hall–Kier alpha value is -0.810. The first kappa shape index (κ1) is 12.3. The third-order valence-corrected chi connectivity index (χ3v) is 2.92. The molecule has 1 aliphatic rings. The van der Waals surface area contributed by atoms with E-state index in [0.29, 0.717) is 19.2 Å². The predicted molar refractivity (Wildman–Crippen MR) is 59.1 cm³/mol. The second-order valence-corrected chi connectivity index (χ2v) is 3.99. The van der Waals surface area contributed by atoms with Crippen LogP contribution in [0.4, 0.5) is 0 Å². The van der Waals surface area contributed by atoms with Crippen molar-refractivity contribution < 1.29 is 9.94 Å². The van der Waals surface area contributed by atoms with Gasteiger partial charge in [0.1, 0.15) is 0 Å². The Morgan fingerprint density at radius 3 is 2.73 bits per heavy atom. The molecule has 1 fully saturated rings. The molecule has 1 saturated carbocycles. The van der Waals surface area contributed by atoms with Gasteiger partial charge in [0.15, 0.2) is 5.84 Å². The zero-order chi connectivity index (χ0) is 11.1. The van der Waals surface area contributed by atoms with E-state index in [-0.39, 0.29) is 5.84 Å². The van der Waals surface area contributed by atoms with Crippen LogP contribution in [-0.4, -0.2) is 48.8 Å². The minimum Gasteiger partial charge on any atom is -0.409 e. The van der Waals surface area contributed by atoms with Crippen LogP contribution in [0.25, 0.3) is 0 Å². The Kier molecular flexibility index (Phi) is 5.42. The van der Waals surface area contributed by atoms with E-state index in [4.69, 9.17) is 15.7 Å². The van der Waals surface area contributed by atoms with Gasteiger partial charge in [-0.1, -0.05) is 18.0 Å². The van der Waals surface area contributed by atoms with Crippen molar-refractivity contribution in [2.24, 2.45) is 10.9 Å². The molecule has 0 aromatic rings. The molecule has 0 aliphatic heterocycles. The second-order valence-electron chi connectivity index (χ2n) is 3.99. The van der Waals surface area contributed by atoms with Crippen molar-refractivity contribution in [3.8, 4) is 0 Å². The van der Waals surface area contributed by atoms with Crippen LogP contribution < -0.4 is 5.73 Å². The van der Waals surface area contributed by atoms with Crippen molar-refractivity contribution in [3.63, 3.8) is 0 Å². The number of oxime groups is 1. The van der Waals surface area contributed by atoms with Gasteiger partial charge in [0.05, 0.1) is 13.2 Å². The van der Waals surface area contributed by atoms with Gasteiger partial charge in [-0.25, -0.2) is 0 Å². The Balaban J connectivity index is 2.43. The van der Waals surface area contributed by atoms with E-state index < -0.39 is 0 Å². The molecule has 0 bridgehead atoms. The highest BCUT2D eigenvalue weighted by atomic mass is 16.5. The summed E-state index contributed by atoms with van der Waals surface area (Å²) in [6.45, 7) is 2.07. The van der Waals surface area contributed by atoms with Crippen LogP contribution in [0.1, 0.15) is 25.7 Å². The maximum absolute atomic E-state index is 8.56. The Labute approximate surface area is 90.9 Å². The fourth-order valence-electron chi connectivity index (χ4n) is 2.11. The fraction of sp³-hybridized carbons (Fsp3) is 0.900. The van der Waals surface area contributed by atoms with E-state index in [1.807, 2.05) is 0 Å². The van der Waals surface area contributed by atoms with Crippen molar-refractivity contribution in [3.05, 3.63) is 0 Å². The summed E-state index contributed by atoms with van der Waals surface area (Å²) in [5, 5.41) is 11.6. The third kappa shape index (κ3) is 4.05. The summed E-state index contributed by atoms with van der Waals surface area (Å²) in [5.41, 5.74) is 5.53. The minimum atomic E-state index is 0.276. The molecular weight excluding hydrogens is 194 g/mol. The number of nitrogens with zero attached hydrogens (tertiary/aromatic N) is 2. The lowest BCUT2D eigenvalue weighted by Gasteiger charge is -2.27. The van der Waals surface area contributed by atoms with Gasteiger partial charge in [-0.2, -0.15) is 0 Å². The summed E-state index contributed by atoms with van der Waals surface area (Å²) in [7, 11) is 1.69. The lowest BCUT2D eigenvalue weighted by molar-refractivity contribution is 0.131. The Bertz CT molecular complexity index is 203. The standard InChI is InChI=1S/C10H21N3O2/c1-15-7-6-13(8-10(11)12-14)9-4-2-3-5-9/h9,14H,2-8H2,1H3,(H2,11,12).